The first-order valence-corrected chi connectivity index (χ1v) is 8.43. The summed E-state index contributed by atoms with van der Waals surface area (Å²) in [5, 5.41) is 0. The Bertz CT molecular complexity index is 574. The topological polar surface area (TPSA) is 35.5 Å². The molecule has 1 atom stereocenters. The van der Waals surface area contributed by atoms with E-state index < -0.39 is 0 Å². The second-order valence-corrected chi connectivity index (χ2v) is 6.02. The van der Waals surface area contributed by atoms with Gasteiger partial charge in [-0.05, 0) is 37.3 Å². The quantitative estimate of drug-likeness (QED) is 0.754. The van der Waals surface area contributed by atoms with E-state index in [1.807, 2.05) is 13.0 Å². The number of ether oxygens (including phenoxy) is 2. The Hall–Kier alpha value is -1.77. The molecule has 22 heavy (non-hydrogen) atoms. The molecule has 3 rings (SSSR count). The zero-order chi connectivity index (χ0) is 15.4. The smallest absolute Gasteiger partial charge is 0.309 e. The van der Waals surface area contributed by atoms with E-state index in [2.05, 4.69) is 18.2 Å². The fourth-order valence-corrected chi connectivity index (χ4v) is 3.46. The van der Waals surface area contributed by atoms with Gasteiger partial charge in [0.2, 0.25) is 0 Å². The van der Waals surface area contributed by atoms with Gasteiger partial charge >= 0.3 is 5.97 Å². The lowest BCUT2D eigenvalue weighted by Crippen LogP contribution is -2.19. The number of benzene rings is 1. The molecule has 1 aliphatic heterocycles. The van der Waals surface area contributed by atoms with E-state index in [4.69, 9.17) is 9.47 Å². The fraction of sp³-hybridized carbons (Fsp3) is 0.526. The molecule has 0 bridgehead atoms. The molecule has 1 aromatic carbocycles. The van der Waals surface area contributed by atoms with Gasteiger partial charge < -0.3 is 9.47 Å². The zero-order valence-electron chi connectivity index (χ0n) is 13.3. The maximum atomic E-state index is 11.9. The third kappa shape index (κ3) is 3.18. The van der Waals surface area contributed by atoms with Crippen LogP contribution in [0.1, 0.15) is 69.1 Å². The van der Waals surface area contributed by atoms with Crippen molar-refractivity contribution >= 4 is 11.5 Å². The number of hydrogen-bond donors (Lipinski definition) is 0. The van der Waals surface area contributed by atoms with Crippen molar-refractivity contribution in [1.82, 2.24) is 0 Å². The van der Waals surface area contributed by atoms with E-state index in [9.17, 15) is 4.79 Å². The molecule has 1 heterocycles. The van der Waals surface area contributed by atoms with E-state index in [0.29, 0.717) is 13.0 Å². The van der Waals surface area contributed by atoms with Gasteiger partial charge in [0.05, 0.1) is 13.0 Å². The van der Waals surface area contributed by atoms with Crippen LogP contribution in [0.2, 0.25) is 0 Å². The molecule has 0 fully saturated rings. The first-order valence-electron chi connectivity index (χ1n) is 8.43. The number of esters is 1. The molecular formula is C19H24O3. The van der Waals surface area contributed by atoms with Gasteiger partial charge in [-0.15, -0.1) is 0 Å². The predicted octanol–water partition coefficient (Wildman–Crippen LogP) is 4.78. The van der Waals surface area contributed by atoms with E-state index >= 15 is 0 Å². The van der Waals surface area contributed by atoms with Crippen molar-refractivity contribution in [3.8, 4) is 0 Å². The summed E-state index contributed by atoms with van der Waals surface area (Å²) in [6.07, 6.45) is 7.12. The van der Waals surface area contributed by atoms with Gasteiger partial charge in [-0.1, -0.05) is 37.1 Å². The summed E-state index contributed by atoms with van der Waals surface area (Å²) in [5.41, 5.74) is 3.77. The summed E-state index contributed by atoms with van der Waals surface area (Å²) in [7, 11) is 0. The van der Waals surface area contributed by atoms with E-state index in [1.54, 1.807) is 0 Å². The van der Waals surface area contributed by atoms with Crippen molar-refractivity contribution < 1.29 is 14.3 Å². The van der Waals surface area contributed by atoms with Crippen LogP contribution in [-0.4, -0.2) is 12.6 Å². The Balaban J connectivity index is 1.91. The van der Waals surface area contributed by atoms with Gasteiger partial charge in [-0.25, -0.2) is 0 Å². The normalized spacial score (nSPS) is 21.0. The van der Waals surface area contributed by atoms with Crippen LogP contribution in [0.25, 0.3) is 5.57 Å². The first-order chi connectivity index (χ1) is 10.8. The van der Waals surface area contributed by atoms with Crippen LogP contribution in [0, 0.1) is 0 Å². The molecule has 0 spiro atoms. The Kier molecular flexibility index (Phi) is 4.81. The third-order valence-electron chi connectivity index (χ3n) is 4.49. The Morgan fingerprint density at radius 3 is 2.77 bits per heavy atom. The molecule has 0 amide bonds. The lowest BCUT2D eigenvalue weighted by Gasteiger charge is -2.32. The summed E-state index contributed by atoms with van der Waals surface area (Å²) in [6, 6.07) is 8.36. The van der Waals surface area contributed by atoms with Crippen LogP contribution in [0.4, 0.5) is 0 Å². The van der Waals surface area contributed by atoms with Crippen molar-refractivity contribution in [2.75, 3.05) is 6.61 Å². The minimum atomic E-state index is -0.201. The van der Waals surface area contributed by atoms with Crippen molar-refractivity contribution in [1.29, 1.82) is 0 Å². The predicted molar refractivity (Wildman–Crippen MR) is 86.1 cm³/mol. The molecule has 2 aliphatic rings. The summed E-state index contributed by atoms with van der Waals surface area (Å²) in [5.74, 6) is 0.921. The van der Waals surface area contributed by atoms with Gasteiger partial charge in [0.1, 0.15) is 11.9 Å². The molecule has 0 saturated carbocycles. The fourth-order valence-electron chi connectivity index (χ4n) is 3.46. The van der Waals surface area contributed by atoms with E-state index in [-0.39, 0.29) is 12.1 Å². The summed E-state index contributed by atoms with van der Waals surface area (Å²) < 4.78 is 11.4. The number of allylic oxidation sites excluding steroid dienone is 2. The van der Waals surface area contributed by atoms with Crippen LogP contribution < -0.4 is 0 Å². The molecule has 118 valence electrons. The summed E-state index contributed by atoms with van der Waals surface area (Å²) in [4.78, 5) is 11.9. The van der Waals surface area contributed by atoms with Crippen LogP contribution >= 0.6 is 0 Å². The van der Waals surface area contributed by atoms with Crippen molar-refractivity contribution in [2.24, 2.45) is 0 Å². The number of carbonyl (C=O) groups excluding carboxylic acids is 1. The average Bonchev–Trinajstić information content (AvgIpc) is 2.49. The van der Waals surface area contributed by atoms with Crippen molar-refractivity contribution in [3.05, 3.63) is 41.2 Å². The zero-order valence-corrected chi connectivity index (χ0v) is 13.3. The molecule has 3 nitrogen and oxygen atoms in total. The molecule has 1 aromatic rings. The highest BCUT2D eigenvalue weighted by atomic mass is 16.5. The molecule has 0 aromatic heterocycles. The number of rotatable bonds is 3. The maximum Gasteiger partial charge on any atom is 0.309 e. The second-order valence-electron chi connectivity index (χ2n) is 6.02. The standard InChI is InChI=1S/C19H24O3/c1-2-21-19(20)13-18-16-11-8-7-9-14(16)15-10-5-3-4-6-12-17(15)22-18/h7-9,11,18H,2-6,10,12-13H2,1H3/t18-/m0/s1. The number of carbonyl (C=O) groups is 1. The highest BCUT2D eigenvalue weighted by molar-refractivity contribution is 5.75. The lowest BCUT2D eigenvalue weighted by atomic mass is 9.86. The molecule has 0 radical (unpaired) electrons. The highest BCUT2D eigenvalue weighted by Gasteiger charge is 2.29. The van der Waals surface area contributed by atoms with Crippen LogP contribution in [0.3, 0.4) is 0 Å². The van der Waals surface area contributed by atoms with Crippen LogP contribution in [0.5, 0.6) is 0 Å². The van der Waals surface area contributed by atoms with Crippen LogP contribution in [0.15, 0.2) is 30.0 Å². The van der Waals surface area contributed by atoms with E-state index in [1.165, 1.54) is 36.8 Å². The van der Waals surface area contributed by atoms with Gasteiger partial charge in [0, 0.05) is 12.0 Å². The number of fused-ring (bicyclic) bond motifs is 2. The minimum Gasteiger partial charge on any atom is -0.489 e. The Morgan fingerprint density at radius 2 is 1.95 bits per heavy atom. The van der Waals surface area contributed by atoms with Crippen LogP contribution in [-0.2, 0) is 14.3 Å². The van der Waals surface area contributed by atoms with Crippen molar-refractivity contribution in [2.45, 2.75) is 58.0 Å². The monoisotopic (exact) mass is 300 g/mol. The number of hydrogen-bond acceptors (Lipinski definition) is 3. The third-order valence-corrected chi connectivity index (χ3v) is 4.49. The average molecular weight is 300 g/mol. The summed E-state index contributed by atoms with van der Waals surface area (Å²) in [6.45, 7) is 2.25. The van der Waals surface area contributed by atoms with E-state index in [0.717, 1.165) is 24.2 Å². The largest absolute Gasteiger partial charge is 0.489 e. The van der Waals surface area contributed by atoms with Gasteiger partial charge in [0.15, 0.2) is 0 Å². The summed E-state index contributed by atoms with van der Waals surface area (Å²) >= 11 is 0. The van der Waals surface area contributed by atoms with Crippen molar-refractivity contribution in [3.63, 3.8) is 0 Å². The second kappa shape index (κ2) is 6.99. The highest BCUT2D eigenvalue weighted by Crippen LogP contribution is 2.42. The van der Waals surface area contributed by atoms with Gasteiger partial charge in [0.25, 0.3) is 0 Å². The minimum absolute atomic E-state index is 0.183. The lowest BCUT2D eigenvalue weighted by molar-refractivity contribution is -0.145. The molecular weight excluding hydrogens is 276 g/mol. The Morgan fingerprint density at radius 1 is 1.18 bits per heavy atom. The van der Waals surface area contributed by atoms with Gasteiger partial charge in [-0.2, -0.15) is 0 Å². The Labute approximate surface area is 132 Å². The maximum absolute atomic E-state index is 11.9. The molecule has 3 heteroatoms. The SMILES string of the molecule is CCOC(=O)C[C@@H]1OC2=C(CCCCCC2)c2ccccc21. The first kappa shape index (κ1) is 15.1. The van der Waals surface area contributed by atoms with Gasteiger partial charge in [-0.3, -0.25) is 4.79 Å². The molecule has 0 N–H and O–H groups in total. The molecule has 0 saturated heterocycles. The molecule has 1 aliphatic carbocycles. The molecule has 0 unspecified atom stereocenters.